The van der Waals surface area contributed by atoms with E-state index in [1.807, 2.05) is 29.8 Å². The van der Waals surface area contributed by atoms with Gasteiger partial charge in [0, 0.05) is 6.07 Å². The maximum Gasteiger partial charge on any atom is 0.450 e. The lowest BCUT2D eigenvalue weighted by Crippen LogP contribution is -2.34. The summed E-state index contributed by atoms with van der Waals surface area (Å²) in [5, 5.41) is 1.94. The van der Waals surface area contributed by atoms with Crippen molar-refractivity contribution < 1.29 is 9.53 Å². The molecule has 1 N–H and O–H groups in total. The number of carbonyl (C=O) groups excluding carboxylic acids is 1. The molecule has 2 rings (SSSR count). The van der Waals surface area contributed by atoms with Crippen molar-refractivity contribution in [2.24, 2.45) is 0 Å². The number of hydrogen-bond donors (Lipinski definition) is 1. The summed E-state index contributed by atoms with van der Waals surface area (Å²) in [4.78, 5) is 12.1. The van der Waals surface area contributed by atoms with E-state index in [4.69, 9.17) is 39.5 Å². The highest BCUT2D eigenvalue weighted by Gasteiger charge is 2.38. The second kappa shape index (κ2) is 7.79. The van der Waals surface area contributed by atoms with Gasteiger partial charge in [-0.05, 0) is 17.0 Å². The topological polar surface area (TPSA) is 38.3 Å². The molecule has 0 aliphatic heterocycles. The molecule has 1 amide bonds. The number of hydrogen-bond acceptors (Lipinski definition) is 3. The van der Waals surface area contributed by atoms with Crippen LogP contribution in [0.5, 0.6) is 0 Å². The summed E-state index contributed by atoms with van der Waals surface area (Å²) < 4.78 is 7.38. The van der Waals surface area contributed by atoms with Crippen molar-refractivity contribution in [1.82, 2.24) is 4.72 Å². The highest BCUT2D eigenvalue weighted by Crippen LogP contribution is 2.42. The SMILES string of the molecule is C[S+](NC(=O)O[C@@H](c1ccccc1)C(Cl)(Cl)Cl)c1cccs1. The van der Waals surface area contributed by atoms with Gasteiger partial charge in [0.25, 0.3) is 0 Å². The molecule has 0 saturated heterocycles. The van der Waals surface area contributed by atoms with E-state index >= 15 is 0 Å². The Kier molecular flexibility index (Phi) is 6.29. The lowest BCUT2D eigenvalue weighted by atomic mass is 10.1. The number of carbonyl (C=O) groups is 1. The number of amides is 1. The molecule has 0 aliphatic carbocycles. The Morgan fingerprint density at radius 3 is 2.45 bits per heavy atom. The zero-order valence-electron chi connectivity index (χ0n) is 11.5. The van der Waals surface area contributed by atoms with Gasteiger partial charge in [0.1, 0.15) is 17.3 Å². The van der Waals surface area contributed by atoms with Crippen LogP contribution in [-0.4, -0.2) is 16.1 Å². The number of rotatable bonds is 4. The summed E-state index contributed by atoms with van der Waals surface area (Å²) in [6.07, 6.45) is 0.276. The van der Waals surface area contributed by atoms with E-state index in [9.17, 15) is 4.79 Å². The number of thiophene rings is 1. The van der Waals surface area contributed by atoms with E-state index in [0.29, 0.717) is 5.56 Å². The first-order chi connectivity index (χ1) is 10.4. The van der Waals surface area contributed by atoms with Gasteiger partial charge in [-0.3, -0.25) is 0 Å². The molecule has 0 fully saturated rings. The van der Waals surface area contributed by atoms with Crippen LogP contribution in [0.15, 0.2) is 52.1 Å². The zero-order valence-corrected chi connectivity index (χ0v) is 15.4. The normalized spacial score (nSPS) is 14.2. The molecular weight excluding hydrogens is 385 g/mol. The Labute approximate surface area is 151 Å². The third-order valence-corrected chi connectivity index (χ3v) is 6.17. The lowest BCUT2D eigenvalue weighted by molar-refractivity contribution is 0.105. The van der Waals surface area contributed by atoms with E-state index < -0.39 is 27.1 Å². The average Bonchev–Trinajstić information content (AvgIpc) is 2.99. The summed E-state index contributed by atoms with van der Waals surface area (Å²) in [6.45, 7) is 0. The van der Waals surface area contributed by atoms with Crippen molar-refractivity contribution in [3.63, 3.8) is 0 Å². The van der Waals surface area contributed by atoms with E-state index in [0.717, 1.165) is 4.21 Å². The van der Waals surface area contributed by atoms with E-state index in [1.165, 1.54) is 0 Å². The Balaban J connectivity index is 2.06. The maximum atomic E-state index is 12.1. The van der Waals surface area contributed by atoms with Gasteiger partial charge in [0.2, 0.25) is 8.00 Å². The predicted octanol–water partition coefficient (Wildman–Crippen LogP) is 5.11. The largest absolute Gasteiger partial charge is 0.450 e. The van der Waals surface area contributed by atoms with Gasteiger partial charge < -0.3 is 4.74 Å². The third kappa shape index (κ3) is 4.96. The summed E-state index contributed by atoms with van der Waals surface area (Å²) in [7, 11) is 0. The first-order valence-corrected chi connectivity index (χ1v) is 9.81. The van der Waals surface area contributed by atoms with Crippen molar-refractivity contribution in [2.75, 3.05) is 6.26 Å². The number of ether oxygens (including phenoxy) is 1. The number of halogens is 3. The van der Waals surface area contributed by atoms with Gasteiger partial charge in [0.15, 0.2) is 6.10 Å². The molecule has 0 saturated carbocycles. The smallest absolute Gasteiger partial charge is 0.434 e. The minimum Gasteiger partial charge on any atom is -0.434 e. The molecular formula is C14H13Cl3NO2S2+. The molecule has 8 heteroatoms. The van der Waals surface area contributed by atoms with Crippen LogP contribution < -0.4 is 4.72 Å². The fourth-order valence-electron chi connectivity index (χ4n) is 1.70. The van der Waals surface area contributed by atoms with E-state index in [2.05, 4.69) is 4.72 Å². The van der Waals surface area contributed by atoms with Gasteiger partial charge in [-0.2, -0.15) is 0 Å². The summed E-state index contributed by atoms with van der Waals surface area (Å²) in [5.41, 5.74) is 0.616. The Bertz CT molecular complexity index is 602. The molecule has 1 unspecified atom stereocenters. The molecule has 2 aromatic rings. The highest BCUT2D eigenvalue weighted by atomic mass is 35.6. The van der Waals surface area contributed by atoms with Crippen molar-refractivity contribution in [3.05, 3.63) is 53.4 Å². The lowest BCUT2D eigenvalue weighted by Gasteiger charge is -2.24. The Morgan fingerprint density at radius 2 is 1.91 bits per heavy atom. The molecule has 2 atom stereocenters. The minimum absolute atomic E-state index is 0.467. The molecule has 22 heavy (non-hydrogen) atoms. The van der Waals surface area contributed by atoms with Crippen molar-refractivity contribution in [2.45, 2.75) is 14.1 Å². The quantitative estimate of drug-likeness (QED) is 0.575. The second-order valence-corrected chi connectivity index (χ2v) is 9.52. The Morgan fingerprint density at radius 1 is 1.23 bits per heavy atom. The van der Waals surface area contributed by atoms with E-state index in [-0.39, 0.29) is 0 Å². The van der Waals surface area contributed by atoms with Gasteiger partial charge in [-0.15, -0.1) is 4.72 Å². The molecule has 0 bridgehead atoms. The van der Waals surface area contributed by atoms with Crippen LogP contribution in [0.25, 0.3) is 0 Å². The van der Waals surface area contributed by atoms with Crippen molar-refractivity contribution in [1.29, 1.82) is 0 Å². The molecule has 3 nitrogen and oxygen atoms in total. The van der Waals surface area contributed by atoms with Crippen molar-refractivity contribution >= 4 is 63.3 Å². The van der Waals surface area contributed by atoms with Crippen LogP contribution in [0.2, 0.25) is 0 Å². The van der Waals surface area contributed by atoms with Crippen LogP contribution in [0, 0.1) is 0 Å². The molecule has 118 valence electrons. The van der Waals surface area contributed by atoms with Crippen LogP contribution in [-0.2, 0) is 15.8 Å². The van der Waals surface area contributed by atoms with Crippen LogP contribution in [0.3, 0.4) is 0 Å². The van der Waals surface area contributed by atoms with E-state index in [1.54, 1.807) is 35.6 Å². The summed E-state index contributed by atoms with van der Waals surface area (Å²) in [5.74, 6) is 0. The number of benzene rings is 1. The van der Waals surface area contributed by atoms with Gasteiger partial charge in [-0.1, -0.05) is 76.5 Å². The minimum atomic E-state index is -1.76. The van der Waals surface area contributed by atoms with Crippen LogP contribution >= 0.6 is 46.1 Å². The molecule has 1 heterocycles. The molecule has 0 radical (unpaired) electrons. The molecule has 0 spiro atoms. The van der Waals surface area contributed by atoms with Gasteiger partial charge in [0.05, 0.1) is 0 Å². The summed E-state index contributed by atoms with van der Waals surface area (Å²) in [6, 6.07) is 12.8. The van der Waals surface area contributed by atoms with Gasteiger partial charge in [-0.25, -0.2) is 4.79 Å². The number of alkyl halides is 3. The monoisotopic (exact) mass is 396 g/mol. The standard InChI is InChI=1S/C14H12Cl3NO2S2/c1-22(11-8-5-9-21-11)18-13(19)20-12(14(15,16)17)10-6-3-2-4-7-10/h2-9,12H,1H3/p+1/t12-,22?/m0/s1. The number of nitrogens with one attached hydrogen (secondary N) is 1. The fraction of sp³-hybridized carbons (Fsp3) is 0.214. The summed E-state index contributed by atoms with van der Waals surface area (Å²) >= 11 is 18.9. The average molecular weight is 398 g/mol. The van der Waals surface area contributed by atoms with Gasteiger partial charge >= 0.3 is 6.09 Å². The first-order valence-electron chi connectivity index (χ1n) is 6.16. The highest BCUT2D eigenvalue weighted by molar-refractivity contribution is 7.96. The third-order valence-electron chi connectivity index (χ3n) is 2.66. The molecule has 0 aliphatic rings. The second-order valence-electron chi connectivity index (χ2n) is 4.28. The maximum absolute atomic E-state index is 12.1. The van der Waals surface area contributed by atoms with Crippen molar-refractivity contribution in [3.8, 4) is 0 Å². The van der Waals surface area contributed by atoms with Crippen LogP contribution in [0.1, 0.15) is 11.7 Å². The first kappa shape index (κ1) is 17.8. The van der Waals surface area contributed by atoms with Crippen LogP contribution in [0.4, 0.5) is 4.79 Å². The molecule has 1 aromatic carbocycles. The predicted molar refractivity (Wildman–Crippen MR) is 95.0 cm³/mol. The molecule has 1 aromatic heterocycles. The Hall–Kier alpha value is -0.590. The fourth-order valence-corrected chi connectivity index (χ4v) is 4.21. The zero-order chi connectivity index (χ0) is 16.2.